The highest BCUT2D eigenvalue weighted by Crippen LogP contribution is 2.36. The lowest BCUT2D eigenvalue weighted by Crippen LogP contribution is -2.46. The van der Waals surface area contributed by atoms with Gasteiger partial charge >= 0.3 is 0 Å². The minimum absolute atomic E-state index is 0.0562. The van der Waals surface area contributed by atoms with Crippen LogP contribution in [-0.4, -0.2) is 52.7 Å². The lowest BCUT2D eigenvalue weighted by molar-refractivity contribution is -0.127. The summed E-state index contributed by atoms with van der Waals surface area (Å²) in [5, 5.41) is 11.3. The summed E-state index contributed by atoms with van der Waals surface area (Å²) in [6.45, 7) is 4.94. The molecule has 10 heteroatoms. The second-order valence-electron chi connectivity index (χ2n) is 9.13. The van der Waals surface area contributed by atoms with Crippen molar-refractivity contribution in [2.45, 2.75) is 45.4 Å². The van der Waals surface area contributed by atoms with Crippen molar-refractivity contribution >= 4 is 28.5 Å². The van der Waals surface area contributed by atoms with Crippen LogP contribution in [0.2, 0.25) is 0 Å². The van der Waals surface area contributed by atoms with Crippen LogP contribution in [-0.2, 0) is 20.9 Å². The second-order valence-corrected chi connectivity index (χ2v) is 9.13. The van der Waals surface area contributed by atoms with E-state index in [9.17, 15) is 9.59 Å². The molecule has 198 valence electrons. The molecule has 10 nitrogen and oxygen atoms in total. The number of ether oxygens (including phenoxy) is 2. The molecule has 0 radical (unpaired) electrons. The van der Waals surface area contributed by atoms with Crippen LogP contribution in [0.3, 0.4) is 0 Å². The van der Waals surface area contributed by atoms with E-state index in [4.69, 9.17) is 13.9 Å². The van der Waals surface area contributed by atoms with E-state index in [2.05, 4.69) is 15.6 Å². The summed E-state index contributed by atoms with van der Waals surface area (Å²) in [4.78, 5) is 29.4. The van der Waals surface area contributed by atoms with E-state index >= 15 is 0 Å². The number of hydrogen-bond donors (Lipinski definition) is 1. The molecular weight excluding hydrogens is 486 g/mol. The number of nitrogens with one attached hydrogen (secondary N) is 1. The third-order valence-corrected chi connectivity index (χ3v) is 6.46. The van der Waals surface area contributed by atoms with Gasteiger partial charge in [0.25, 0.3) is 5.91 Å². The zero-order valence-corrected chi connectivity index (χ0v) is 21.5. The van der Waals surface area contributed by atoms with Crippen molar-refractivity contribution in [2.75, 3.05) is 24.7 Å². The molecule has 0 saturated carbocycles. The first-order chi connectivity index (χ1) is 18.5. The van der Waals surface area contributed by atoms with Crippen molar-refractivity contribution in [1.82, 2.24) is 20.3 Å². The smallest absolute Gasteiger partial charge is 0.251 e. The Labute approximate surface area is 220 Å². The number of amides is 2. The predicted molar refractivity (Wildman–Crippen MR) is 141 cm³/mol. The van der Waals surface area contributed by atoms with Crippen LogP contribution in [0.5, 0.6) is 5.75 Å². The molecular formula is C28H31N5O5. The number of furan rings is 1. The average molecular weight is 518 g/mol. The average Bonchev–Trinajstić information content (AvgIpc) is 3.69. The first kappa shape index (κ1) is 25.5. The van der Waals surface area contributed by atoms with E-state index in [0.29, 0.717) is 53.7 Å². The Balaban J connectivity index is 1.55. The van der Waals surface area contributed by atoms with Crippen LogP contribution < -0.4 is 15.0 Å². The number of hydrogen-bond acceptors (Lipinski definition) is 7. The first-order valence-corrected chi connectivity index (χ1v) is 12.8. The lowest BCUT2D eigenvalue weighted by atomic mass is 10.1. The molecule has 0 unspecified atom stereocenters. The van der Waals surface area contributed by atoms with Gasteiger partial charge in [-0.15, -0.1) is 5.10 Å². The minimum atomic E-state index is -1.09. The number of fused-ring (bicyclic) bond motifs is 1. The summed E-state index contributed by atoms with van der Waals surface area (Å²) in [7, 11) is 0. The van der Waals surface area contributed by atoms with Crippen LogP contribution in [0.25, 0.3) is 11.0 Å². The number of aryl methyl sites for hydroxylation is 1. The molecule has 0 spiro atoms. The van der Waals surface area contributed by atoms with E-state index in [1.807, 2.05) is 37.3 Å². The zero-order chi connectivity index (χ0) is 26.5. The number of rotatable bonds is 10. The normalized spacial score (nSPS) is 15.9. The quantitative estimate of drug-likeness (QED) is 0.341. The van der Waals surface area contributed by atoms with Gasteiger partial charge in [-0.2, -0.15) is 0 Å². The molecule has 2 aromatic heterocycles. The maximum absolute atomic E-state index is 14.1. The first-order valence-electron chi connectivity index (χ1n) is 12.8. The van der Waals surface area contributed by atoms with Gasteiger partial charge in [-0.25, -0.2) is 4.68 Å². The van der Waals surface area contributed by atoms with Crippen LogP contribution >= 0.6 is 0 Å². The number of nitrogens with zero attached hydrogens (tertiary/aromatic N) is 4. The van der Waals surface area contributed by atoms with E-state index in [1.54, 1.807) is 37.3 Å². The summed E-state index contributed by atoms with van der Waals surface area (Å²) in [5.41, 5.74) is 1.84. The standard InChI is InChI=1S/C28H31N5O5/c1-3-36-24-13-7-6-12-23(24)33(26(34)18-32-22-11-5-4-10-21(22)30-31-32)27(25-15-14-19(2)38-25)28(35)29-17-20-9-8-16-37-20/h4-7,10-15,20,27H,3,8-9,16-18H2,1-2H3,(H,29,35)/t20-,27-/m1/s1. The molecule has 1 saturated heterocycles. The maximum Gasteiger partial charge on any atom is 0.251 e. The zero-order valence-electron chi connectivity index (χ0n) is 21.5. The molecule has 38 heavy (non-hydrogen) atoms. The molecule has 2 aromatic carbocycles. The highest BCUT2D eigenvalue weighted by Gasteiger charge is 2.37. The minimum Gasteiger partial charge on any atom is -0.492 e. The van der Waals surface area contributed by atoms with Gasteiger partial charge in [-0.1, -0.05) is 29.5 Å². The molecule has 5 rings (SSSR count). The fraction of sp³-hybridized carbons (Fsp3) is 0.357. The van der Waals surface area contributed by atoms with Crippen molar-refractivity contribution in [2.24, 2.45) is 0 Å². The highest BCUT2D eigenvalue weighted by atomic mass is 16.5. The van der Waals surface area contributed by atoms with Gasteiger partial charge in [0.05, 0.1) is 23.9 Å². The molecule has 0 bridgehead atoms. The van der Waals surface area contributed by atoms with Gasteiger partial charge in [0.15, 0.2) is 6.04 Å². The Kier molecular flexibility index (Phi) is 7.69. The Morgan fingerprint density at radius 2 is 1.97 bits per heavy atom. The molecule has 1 N–H and O–H groups in total. The van der Waals surface area contributed by atoms with Crippen molar-refractivity contribution < 1.29 is 23.5 Å². The molecule has 4 aromatic rings. The Morgan fingerprint density at radius 1 is 1.16 bits per heavy atom. The number of anilines is 1. The summed E-state index contributed by atoms with van der Waals surface area (Å²) >= 11 is 0. The van der Waals surface area contributed by atoms with E-state index in [0.717, 1.165) is 12.8 Å². The van der Waals surface area contributed by atoms with E-state index in [-0.39, 0.29) is 24.5 Å². The molecule has 2 amide bonds. The van der Waals surface area contributed by atoms with E-state index in [1.165, 1.54) is 9.58 Å². The van der Waals surface area contributed by atoms with Gasteiger partial charge in [-0.05, 0) is 63.1 Å². The largest absolute Gasteiger partial charge is 0.492 e. The third kappa shape index (κ3) is 5.40. The summed E-state index contributed by atoms with van der Waals surface area (Å²) in [6, 6.07) is 17.0. The highest BCUT2D eigenvalue weighted by molar-refractivity contribution is 6.02. The van der Waals surface area contributed by atoms with Crippen molar-refractivity contribution in [3.8, 4) is 5.75 Å². The van der Waals surface area contributed by atoms with Crippen molar-refractivity contribution in [1.29, 1.82) is 0 Å². The van der Waals surface area contributed by atoms with Crippen LogP contribution in [0.1, 0.15) is 37.3 Å². The molecule has 1 aliphatic heterocycles. The number of para-hydroxylation sites is 3. The SMILES string of the molecule is CCOc1ccccc1N(C(=O)Cn1nnc2ccccc21)[C@@H](C(=O)NC[C@H]1CCCO1)c1ccc(C)o1. The van der Waals surface area contributed by atoms with Gasteiger partial charge in [0, 0.05) is 13.2 Å². The summed E-state index contributed by atoms with van der Waals surface area (Å²) < 4.78 is 19.0. The van der Waals surface area contributed by atoms with Gasteiger partial charge in [-0.3, -0.25) is 14.5 Å². The van der Waals surface area contributed by atoms with E-state index < -0.39 is 6.04 Å². The third-order valence-electron chi connectivity index (χ3n) is 6.46. The number of benzene rings is 2. The predicted octanol–water partition coefficient (Wildman–Crippen LogP) is 3.80. The van der Waals surface area contributed by atoms with Crippen molar-refractivity contribution in [3.63, 3.8) is 0 Å². The van der Waals surface area contributed by atoms with Crippen LogP contribution in [0, 0.1) is 6.92 Å². The number of carbonyl (C=O) groups is 2. The van der Waals surface area contributed by atoms with Gasteiger partial charge < -0.3 is 19.2 Å². The van der Waals surface area contributed by atoms with Gasteiger partial charge in [0.2, 0.25) is 5.91 Å². The monoisotopic (exact) mass is 517 g/mol. The molecule has 1 fully saturated rings. The molecule has 1 aliphatic rings. The number of carbonyl (C=O) groups excluding carboxylic acids is 2. The van der Waals surface area contributed by atoms with Crippen LogP contribution in [0.15, 0.2) is 65.1 Å². The Morgan fingerprint density at radius 3 is 2.74 bits per heavy atom. The second kappa shape index (κ2) is 11.5. The van der Waals surface area contributed by atoms with Crippen molar-refractivity contribution in [3.05, 3.63) is 72.2 Å². The Hall–Kier alpha value is -4.18. The van der Waals surface area contributed by atoms with Gasteiger partial charge in [0.1, 0.15) is 29.3 Å². The van der Waals surface area contributed by atoms with Crippen LogP contribution in [0.4, 0.5) is 5.69 Å². The Bertz CT molecular complexity index is 1410. The maximum atomic E-state index is 14.1. The molecule has 2 atom stereocenters. The molecule has 0 aliphatic carbocycles. The fourth-order valence-electron chi connectivity index (χ4n) is 4.68. The lowest BCUT2D eigenvalue weighted by Gasteiger charge is -2.31. The summed E-state index contributed by atoms with van der Waals surface area (Å²) in [5.74, 6) is 0.698. The fourth-order valence-corrected chi connectivity index (χ4v) is 4.68. The summed E-state index contributed by atoms with van der Waals surface area (Å²) in [6.07, 6.45) is 1.78. The topological polar surface area (TPSA) is 112 Å². The number of aromatic nitrogens is 3. The molecule has 3 heterocycles.